The zero-order chi connectivity index (χ0) is 25.1. The van der Waals surface area contributed by atoms with Gasteiger partial charge in [-0.05, 0) is 68.3 Å². The SMILES string of the molecule is N#Cc1ncc2cc(CN3CCC4(CCN(Cc5ccccc5)CC4)C3)n(CCC3CCCCC3)c2n1. The van der Waals surface area contributed by atoms with Gasteiger partial charge in [0.2, 0.25) is 5.82 Å². The van der Waals surface area contributed by atoms with Crippen molar-refractivity contribution in [2.45, 2.75) is 77.4 Å². The maximum Gasteiger partial charge on any atom is 0.234 e. The summed E-state index contributed by atoms with van der Waals surface area (Å²) in [5, 5.41) is 10.5. The molecule has 194 valence electrons. The van der Waals surface area contributed by atoms with Crippen LogP contribution in [-0.4, -0.2) is 50.5 Å². The number of rotatable bonds is 7. The minimum atomic E-state index is 0.276. The Balaban J connectivity index is 1.12. The number of benzene rings is 1. The molecule has 2 saturated heterocycles. The fraction of sp³-hybridized carbons (Fsp3) is 0.581. The summed E-state index contributed by atoms with van der Waals surface area (Å²) in [5.74, 6) is 1.10. The van der Waals surface area contributed by atoms with Crippen LogP contribution in [-0.2, 0) is 19.6 Å². The first-order valence-electron chi connectivity index (χ1n) is 14.4. The van der Waals surface area contributed by atoms with Crippen LogP contribution in [0.1, 0.15) is 74.9 Å². The lowest BCUT2D eigenvalue weighted by Crippen LogP contribution is -2.41. The van der Waals surface area contributed by atoms with Crippen molar-refractivity contribution in [1.82, 2.24) is 24.3 Å². The van der Waals surface area contributed by atoms with Crippen LogP contribution in [0.15, 0.2) is 42.6 Å². The van der Waals surface area contributed by atoms with Gasteiger partial charge < -0.3 is 4.57 Å². The van der Waals surface area contributed by atoms with Crippen molar-refractivity contribution in [1.29, 1.82) is 5.26 Å². The minimum absolute atomic E-state index is 0.276. The van der Waals surface area contributed by atoms with Crippen molar-refractivity contribution in [3.05, 3.63) is 59.7 Å². The van der Waals surface area contributed by atoms with Crippen LogP contribution in [0.4, 0.5) is 0 Å². The van der Waals surface area contributed by atoms with E-state index in [1.807, 2.05) is 6.20 Å². The van der Waals surface area contributed by atoms with Gasteiger partial charge in [-0.2, -0.15) is 5.26 Å². The van der Waals surface area contributed by atoms with E-state index in [2.05, 4.69) is 66.8 Å². The fourth-order valence-corrected chi connectivity index (χ4v) is 7.14. The van der Waals surface area contributed by atoms with Crippen LogP contribution in [0.2, 0.25) is 0 Å². The summed E-state index contributed by atoms with van der Waals surface area (Å²) in [5.41, 5.74) is 4.18. The number of hydrogen-bond donors (Lipinski definition) is 0. The van der Waals surface area contributed by atoms with Gasteiger partial charge in [0.15, 0.2) is 0 Å². The molecule has 6 nitrogen and oxygen atoms in total. The summed E-state index contributed by atoms with van der Waals surface area (Å²) in [6.07, 6.45) is 13.9. The van der Waals surface area contributed by atoms with Crippen molar-refractivity contribution < 1.29 is 0 Å². The topological polar surface area (TPSA) is 61.0 Å². The van der Waals surface area contributed by atoms with Crippen LogP contribution in [0.3, 0.4) is 0 Å². The molecule has 0 unspecified atom stereocenters. The van der Waals surface area contributed by atoms with Crippen molar-refractivity contribution in [2.75, 3.05) is 26.2 Å². The number of nitrogens with zero attached hydrogens (tertiary/aromatic N) is 6. The first-order valence-corrected chi connectivity index (χ1v) is 14.4. The quantitative estimate of drug-likeness (QED) is 0.416. The van der Waals surface area contributed by atoms with Gasteiger partial charge in [-0.15, -0.1) is 0 Å². The molecule has 0 radical (unpaired) electrons. The molecule has 3 fully saturated rings. The van der Waals surface area contributed by atoms with Crippen LogP contribution in [0, 0.1) is 22.7 Å². The second kappa shape index (κ2) is 10.9. The molecule has 6 heteroatoms. The highest BCUT2D eigenvalue weighted by Crippen LogP contribution is 2.41. The van der Waals surface area contributed by atoms with Crippen molar-refractivity contribution >= 4 is 11.0 Å². The van der Waals surface area contributed by atoms with Gasteiger partial charge in [-0.1, -0.05) is 62.4 Å². The van der Waals surface area contributed by atoms with Gasteiger partial charge in [0.1, 0.15) is 11.7 Å². The number of hydrogen-bond acceptors (Lipinski definition) is 5. The summed E-state index contributed by atoms with van der Waals surface area (Å²) >= 11 is 0. The Morgan fingerprint density at radius 2 is 1.70 bits per heavy atom. The third-order valence-electron chi connectivity index (χ3n) is 9.37. The average Bonchev–Trinajstić information content (AvgIpc) is 3.50. The lowest BCUT2D eigenvalue weighted by molar-refractivity contribution is 0.102. The van der Waals surface area contributed by atoms with Crippen molar-refractivity contribution in [3.8, 4) is 6.07 Å². The summed E-state index contributed by atoms with van der Waals surface area (Å²) in [6.45, 7) is 7.84. The Morgan fingerprint density at radius 1 is 0.946 bits per heavy atom. The Hall–Kier alpha value is -2.75. The second-order valence-electron chi connectivity index (χ2n) is 11.9. The van der Waals surface area contributed by atoms with E-state index in [9.17, 15) is 5.26 Å². The zero-order valence-electron chi connectivity index (χ0n) is 22.1. The van der Waals surface area contributed by atoms with Crippen LogP contribution < -0.4 is 0 Å². The normalized spacial score (nSPS) is 21.1. The Morgan fingerprint density at radius 3 is 2.46 bits per heavy atom. The highest BCUT2D eigenvalue weighted by atomic mass is 15.2. The third-order valence-corrected chi connectivity index (χ3v) is 9.37. The first kappa shape index (κ1) is 24.6. The number of fused-ring (bicyclic) bond motifs is 1. The molecule has 0 N–H and O–H groups in total. The van der Waals surface area contributed by atoms with Gasteiger partial charge in [-0.25, -0.2) is 9.97 Å². The average molecular weight is 497 g/mol. The van der Waals surface area contributed by atoms with E-state index < -0.39 is 0 Å². The van der Waals surface area contributed by atoms with E-state index in [0.29, 0.717) is 5.41 Å². The minimum Gasteiger partial charge on any atom is -0.328 e. The Bertz CT molecular complexity index is 1230. The first-order chi connectivity index (χ1) is 18.2. The van der Waals surface area contributed by atoms with Gasteiger partial charge in [0.05, 0.1) is 0 Å². The molecule has 2 aliphatic heterocycles. The van der Waals surface area contributed by atoms with Crippen LogP contribution in [0.5, 0.6) is 0 Å². The number of aromatic nitrogens is 3. The summed E-state index contributed by atoms with van der Waals surface area (Å²) in [4.78, 5) is 14.2. The van der Waals surface area contributed by atoms with Gasteiger partial charge in [0, 0.05) is 43.5 Å². The van der Waals surface area contributed by atoms with Crippen molar-refractivity contribution in [3.63, 3.8) is 0 Å². The molecular weight excluding hydrogens is 456 g/mol. The van der Waals surface area contributed by atoms with E-state index in [1.165, 1.54) is 95.2 Å². The number of piperidine rings is 1. The molecule has 6 rings (SSSR count). The predicted molar refractivity (Wildman–Crippen MR) is 147 cm³/mol. The highest BCUT2D eigenvalue weighted by molar-refractivity contribution is 5.76. The molecule has 1 aromatic carbocycles. The smallest absolute Gasteiger partial charge is 0.234 e. The van der Waals surface area contributed by atoms with E-state index in [1.54, 1.807) is 0 Å². The zero-order valence-corrected chi connectivity index (χ0v) is 22.1. The van der Waals surface area contributed by atoms with E-state index in [4.69, 9.17) is 0 Å². The Labute approximate surface area is 221 Å². The molecule has 0 bridgehead atoms. The molecule has 2 aromatic heterocycles. The standard InChI is InChI=1S/C31H40N6/c32-20-29-33-21-27-19-28(37(30(27)34-29)15-11-25-7-3-1-4-8-25)23-36-18-14-31(24-36)12-16-35(17-13-31)22-26-9-5-2-6-10-26/h2,5-6,9-10,19,21,25H,1,3-4,7-8,11-18,22-24H2. The summed E-state index contributed by atoms with van der Waals surface area (Å²) in [6, 6.07) is 15.3. The van der Waals surface area contributed by atoms with Crippen molar-refractivity contribution in [2.24, 2.45) is 11.3 Å². The monoisotopic (exact) mass is 496 g/mol. The van der Waals surface area contributed by atoms with Gasteiger partial charge in [0.25, 0.3) is 0 Å². The molecule has 3 aliphatic rings. The molecule has 3 aromatic rings. The van der Waals surface area contributed by atoms with Gasteiger partial charge in [-0.3, -0.25) is 9.80 Å². The highest BCUT2D eigenvalue weighted by Gasteiger charge is 2.40. The molecule has 1 spiro atoms. The van der Waals surface area contributed by atoms with Crippen LogP contribution >= 0.6 is 0 Å². The predicted octanol–water partition coefficient (Wildman–Crippen LogP) is 5.76. The van der Waals surface area contributed by atoms with Crippen LogP contribution in [0.25, 0.3) is 11.0 Å². The largest absolute Gasteiger partial charge is 0.328 e. The third kappa shape index (κ3) is 5.58. The maximum absolute atomic E-state index is 9.40. The molecule has 1 aliphatic carbocycles. The molecular formula is C31H40N6. The van der Waals surface area contributed by atoms with E-state index in [-0.39, 0.29) is 5.82 Å². The maximum atomic E-state index is 9.40. The summed E-state index contributed by atoms with van der Waals surface area (Å²) < 4.78 is 2.42. The van der Waals surface area contributed by atoms with E-state index >= 15 is 0 Å². The molecule has 1 saturated carbocycles. The van der Waals surface area contributed by atoms with E-state index in [0.717, 1.165) is 36.6 Å². The molecule has 37 heavy (non-hydrogen) atoms. The summed E-state index contributed by atoms with van der Waals surface area (Å²) in [7, 11) is 0. The van der Waals surface area contributed by atoms with Gasteiger partial charge >= 0.3 is 0 Å². The Kier molecular flexibility index (Phi) is 7.26. The molecule has 0 amide bonds. The second-order valence-corrected chi connectivity index (χ2v) is 11.9. The lowest BCUT2D eigenvalue weighted by Gasteiger charge is -2.39. The lowest BCUT2D eigenvalue weighted by atomic mass is 9.77. The number of likely N-dealkylation sites (tertiary alicyclic amines) is 2. The fourth-order valence-electron chi connectivity index (χ4n) is 7.14. The molecule has 0 atom stereocenters. The number of nitriles is 1. The molecule has 4 heterocycles. The number of aryl methyl sites for hydroxylation is 1.